The van der Waals surface area contributed by atoms with Gasteiger partial charge in [0.15, 0.2) is 0 Å². The van der Waals surface area contributed by atoms with Crippen LogP contribution in [0.25, 0.3) is 0 Å². The predicted molar refractivity (Wildman–Crippen MR) is 89.2 cm³/mol. The molecule has 0 atom stereocenters. The Labute approximate surface area is 138 Å². The van der Waals surface area contributed by atoms with Crippen LogP contribution < -0.4 is 5.32 Å². The third-order valence-corrected chi connectivity index (χ3v) is 3.47. The van der Waals surface area contributed by atoms with Crippen molar-refractivity contribution in [3.8, 4) is 0 Å². The summed E-state index contributed by atoms with van der Waals surface area (Å²) >= 11 is 5.79. The standard InChI is InChI=1S/C16H17ClFN3O2/c1-20(2)10-12-7-11(3-5-14(12)18)9-19-15-6-4-13(17)8-16(15)21(22)23/h3-8,19H,9-10H2,1-2H3. The molecular formula is C16H17ClFN3O2. The van der Waals surface area contributed by atoms with E-state index in [4.69, 9.17) is 11.6 Å². The number of nitrogens with one attached hydrogen (secondary N) is 1. The van der Waals surface area contributed by atoms with Crippen LogP contribution in [0.4, 0.5) is 15.8 Å². The van der Waals surface area contributed by atoms with Crippen LogP contribution in [-0.2, 0) is 13.1 Å². The minimum atomic E-state index is -0.490. The van der Waals surface area contributed by atoms with Gasteiger partial charge >= 0.3 is 0 Å². The molecule has 1 N–H and O–H groups in total. The summed E-state index contributed by atoms with van der Waals surface area (Å²) in [4.78, 5) is 12.4. The fourth-order valence-electron chi connectivity index (χ4n) is 2.20. The molecule has 2 rings (SSSR count). The van der Waals surface area contributed by atoms with E-state index < -0.39 is 4.92 Å². The molecule has 0 heterocycles. The Bertz CT molecular complexity index is 722. The second-order valence-corrected chi connectivity index (χ2v) is 5.87. The molecule has 0 bridgehead atoms. The lowest BCUT2D eigenvalue weighted by atomic mass is 10.1. The number of nitro groups is 1. The number of benzene rings is 2. The van der Waals surface area contributed by atoms with Gasteiger partial charge in [-0.1, -0.05) is 17.7 Å². The molecule has 0 radical (unpaired) electrons. The summed E-state index contributed by atoms with van der Waals surface area (Å²) < 4.78 is 13.8. The highest BCUT2D eigenvalue weighted by atomic mass is 35.5. The number of halogens is 2. The summed E-state index contributed by atoms with van der Waals surface area (Å²) in [7, 11) is 3.73. The summed E-state index contributed by atoms with van der Waals surface area (Å²) in [6.07, 6.45) is 0. The van der Waals surface area contributed by atoms with Crippen molar-refractivity contribution < 1.29 is 9.31 Å². The van der Waals surface area contributed by atoms with E-state index in [1.54, 1.807) is 24.3 Å². The molecule has 0 unspecified atom stereocenters. The molecule has 5 nitrogen and oxygen atoms in total. The highest BCUT2D eigenvalue weighted by molar-refractivity contribution is 6.30. The maximum atomic E-state index is 13.8. The molecule has 0 aliphatic heterocycles. The number of nitro benzene ring substituents is 1. The van der Waals surface area contributed by atoms with Gasteiger partial charge in [-0.25, -0.2) is 4.39 Å². The molecule has 0 aliphatic carbocycles. The Morgan fingerprint density at radius 1 is 1.26 bits per heavy atom. The first-order valence-corrected chi connectivity index (χ1v) is 7.34. The van der Waals surface area contributed by atoms with Crippen molar-refractivity contribution in [2.75, 3.05) is 19.4 Å². The maximum absolute atomic E-state index is 13.8. The van der Waals surface area contributed by atoms with Gasteiger partial charge < -0.3 is 10.2 Å². The van der Waals surface area contributed by atoms with Crippen molar-refractivity contribution in [1.29, 1.82) is 0 Å². The van der Waals surface area contributed by atoms with Crippen molar-refractivity contribution in [3.05, 3.63) is 68.5 Å². The van der Waals surface area contributed by atoms with E-state index >= 15 is 0 Å². The summed E-state index contributed by atoms with van der Waals surface area (Å²) in [5, 5.41) is 14.4. The highest BCUT2D eigenvalue weighted by Gasteiger charge is 2.14. The zero-order valence-corrected chi connectivity index (χ0v) is 13.6. The number of anilines is 1. The molecule has 7 heteroatoms. The van der Waals surface area contributed by atoms with Crippen molar-refractivity contribution in [2.45, 2.75) is 13.1 Å². The lowest BCUT2D eigenvalue weighted by Crippen LogP contribution is -2.12. The highest BCUT2D eigenvalue weighted by Crippen LogP contribution is 2.28. The first-order chi connectivity index (χ1) is 10.9. The number of hydrogen-bond donors (Lipinski definition) is 1. The maximum Gasteiger partial charge on any atom is 0.293 e. The normalized spacial score (nSPS) is 10.8. The van der Waals surface area contributed by atoms with E-state index in [2.05, 4.69) is 5.32 Å². The molecule has 0 aliphatic rings. The van der Waals surface area contributed by atoms with Crippen LogP contribution in [0, 0.1) is 15.9 Å². The van der Waals surface area contributed by atoms with E-state index in [0.717, 1.165) is 5.56 Å². The number of nitrogens with zero attached hydrogens (tertiary/aromatic N) is 2. The van der Waals surface area contributed by atoms with Crippen LogP contribution in [0.15, 0.2) is 36.4 Å². The van der Waals surface area contributed by atoms with Gasteiger partial charge in [0.25, 0.3) is 5.69 Å². The second kappa shape index (κ2) is 7.39. The van der Waals surface area contributed by atoms with Gasteiger partial charge in [-0.3, -0.25) is 10.1 Å². The number of hydrogen-bond acceptors (Lipinski definition) is 4. The van der Waals surface area contributed by atoms with E-state index in [1.807, 2.05) is 19.0 Å². The molecule has 2 aromatic carbocycles. The van der Waals surface area contributed by atoms with Crippen LogP contribution in [0.5, 0.6) is 0 Å². The molecule has 0 spiro atoms. The van der Waals surface area contributed by atoms with Gasteiger partial charge in [0.05, 0.1) is 4.92 Å². The van der Waals surface area contributed by atoms with Gasteiger partial charge in [0, 0.05) is 29.7 Å². The van der Waals surface area contributed by atoms with E-state index in [0.29, 0.717) is 29.4 Å². The zero-order valence-electron chi connectivity index (χ0n) is 12.8. The topological polar surface area (TPSA) is 58.4 Å². The lowest BCUT2D eigenvalue weighted by Gasteiger charge is -2.13. The average molecular weight is 338 g/mol. The minimum Gasteiger partial charge on any atom is -0.375 e. The first kappa shape index (κ1) is 17.2. The molecule has 0 saturated heterocycles. The van der Waals surface area contributed by atoms with Gasteiger partial charge in [0.1, 0.15) is 11.5 Å². The molecule has 0 amide bonds. The van der Waals surface area contributed by atoms with Crippen molar-refractivity contribution >= 4 is 23.0 Å². The molecular weight excluding hydrogens is 321 g/mol. The van der Waals surface area contributed by atoms with Crippen LogP contribution >= 0.6 is 11.6 Å². The Morgan fingerprint density at radius 2 is 2.00 bits per heavy atom. The summed E-state index contributed by atoms with van der Waals surface area (Å²) in [6.45, 7) is 0.837. The summed E-state index contributed by atoms with van der Waals surface area (Å²) in [6, 6.07) is 9.26. The Morgan fingerprint density at radius 3 is 2.65 bits per heavy atom. The largest absolute Gasteiger partial charge is 0.375 e. The van der Waals surface area contributed by atoms with Gasteiger partial charge in [-0.2, -0.15) is 0 Å². The van der Waals surface area contributed by atoms with Gasteiger partial charge in [-0.05, 0) is 43.9 Å². The third-order valence-electron chi connectivity index (χ3n) is 3.24. The summed E-state index contributed by atoms with van der Waals surface area (Å²) in [5.74, 6) is -0.264. The quantitative estimate of drug-likeness (QED) is 0.638. The Hall–Kier alpha value is -2.18. The van der Waals surface area contributed by atoms with Crippen LogP contribution in [0.3, 0.4) is 0 Å². The smallest absolute Gasteiger partial charge is 0.293 e. The predicted octanol–water partition coefficient (Wildman–Crippen LogP) is 4.06. The van der Waals surface area contributed by atoms with E-state index in [-0.39, 0.29) is 11.5 Å². The molecule has 2 aromatic rings. The molecule has 0 aromatic heterocycles. The minimum absolute atomic E-state index is 0.0897. The molecule has 0 fully saturated rings. The van der Waals surface area contributed by atoms with Gasteiger partial charge in [0.2, 0.25) is 0 Å². The fourth-order valence-corrected chi connectivity index (χ4v) is 2.37. The Kier molecular flexibility index (Phi) is 5.52. The number of rotatable bonds is 6. The van der Waals surface area contributed by atoms with E-state index in [1.165, 1.54) is 12.1 Å². The SMILES string of the molecule is CN(C)Cc1cc(CNc2ccc(Cl)cc2[N+](=O)[O-])ccc1F. The van der Waals surface area contributed by atoms with E-state index in [9.17, 15) is 14.5 Å². The third kappa shape index (κ3) is 4.64. The molecule has 23 heavy (non-hydrogen) atoms. The Balaban J connectivity index is 2.17. The molecule has 0 saturated carbocycles. The van der Waals surface area contributed by atoms with Crippen LogP contribution in [-0.4, -0.2) is 23.9 Å². The van der Waals surface area contributed by atoms with Crippen LogP contribution in [0.2, 0.25) is 5.02 Å². The van der Waals surface area contributed by atoms with Gasteiger partial charge in [-0.15, -0.1) is 0 Å². The van der Waals surface area contributed by atoms with Crippen molar-refractivity contribution in [3.63, 3.8) is 0 Å². The molecule has 122 valence electrons. The monoisotopic (exact) mass is 337 g/mol. The average Bonchev–Trinajstić information content (AvgIpc) is 2.48. The lowest BCUT2D eigenvalue weighted by molar-refractivity contribution is -0.383. The van der Waals surface area contributed by atoms with Crippen LogP contribution in [0.1, 0.15) is 11.1 Å². The van der Waals surface area contributed by atoms with Crippen molar-refractivity contribution in [1.82, 2.24) is 4.90 Å². The zero-order chi connectivity index (χ0) is 17.0. The summed E-state index contributed by atoms with van der Waals surface area (Å²) in [5.41, 5.74) is 1.71. The fraction of sp³-hybridized carbons (Fsp3) is 0.250. The first-order valence-electron chi connectivity index (χ1n) is 6.96. The van der Waals surface area contributed by atoms with Crippen molar-refractivity contribution in [2.24, 2.45) is 0 Å². The second-order valence-electron chi connectivity index (χ2n) is 5.44.